The van der Waals surface area contributed by atoms with E-state index in [0.29, 0.717) is 0 Å². The van der Waals surface area contributed by atoms with Crippen molar-refractivity contribution in [2.75, 3.05) is 0 Å². The Morgan fingerprint density at radius 1 is 0.494 bits per heavy atom. The zero-order chi connectivity index (χ0) is 60.4. The molecule has 83 heavy (non-hydrogen) atoms. The summed E-state index contributed by atoms with van der Waals surface area (Å²) in [4.78, 5) is 0. The fourth-order valence-electron chi connectivity index (χ4n) is 10.5. The number of unbranched alkanes of at least 4 members (excludes halogenated alkanes) is 2. The van der Waals surface area contributed by atoms with Crippen molar-refractivity contribution in [3.63, 3.8) is 0 Å². The molecule has 0 radical (unpaired) electrons. The number of benzene rings is 9. The van der Waals surface area contributed by atoms with Crippen molar-refractivity contribution in [3.8, 4) is 59.1 Å². The molecule has 0 N–H and O–H groups in total. The van der Waals surface area contributed by atoms with Gasteiger partial charge in [-0.15, -0.1) is 32.3 Å². The minimum Gasteiger partial charge on any atom is -0.124 e. The number of allylic oxidation sites excluding steroid dienone is 7. The van der Waals surface area contributed by atoms with Crippen LogP contribution in [0.4, 0.5) is 0 Å². The van der Waals surface area contributed by atoms with Gasteiger partial charge in [0.15, 0.2) is 0 Å². The minimum absolute atomic E-state index is 0.173. The van der Waals surface area contributed by atoms with Gasteiger partial charge < -0.3 is 0 Å². The van der Waals surface area contributed by atoms with E-state index >= 15 is 0 Å². The van der Waals surface area contributed by atoms with Crippen LogP contribution in [0.1, 0.15) is 115 Å². The van der Waals surface area contributed by atoms with Gasteiger partial charge in [-0.05, 0) is 157 Å². The van der Waals surface area contributed by atoms with E-state index in [4.69, 9.17) is 0 Å². The van der Waals surface area contributed by atoms with Gasteiger partial charge in [0.2, 0.25) is 0 Å². The van der Waals surface area contributed by atoms with Crippen LogP contribution in [0.15, 0.2) is 267 Å². The summed E-state index contributed by atoms with van der Waals surface area (Å²) in [6.45, 7) is 25.1. The molecule has 10 rings (SSSR count). The topological polar surface area (TPSA) is 0 Å². The Morgan fingerprint density at radius 2 is 0.940 bits per heavy atom. The highest BCUT2D eigenvalue weighted by molar-refractivity contribution is 5.76. The van der Waals surface area contributed by atoms with Gasteiger partial charge in [0.1, 0.15) is 0 Å². The molecule has 0 aliphatic heterocycles. The lowest BCUT2D eigenvalue weighted by molar-refractivity contribution is 0.476. The summed E-state index contributed by atoms with van der Waals surface area (Å²) in [7, 11) is 0. The summed E-state index contributed by atoms with van der Waals surface area (Å²) in [6.07, 6.45) is 35.1. The Hall–Kier alpha value is -8.94. The Morgan fingerprint density at radius 3 is 1.42 bits per heavy atom. The number of hydrogen-bond acceptors (Lipinski definition) is 0. The summed E-state index contributed by atoms with van der Waals surface area (Å²) < 4.78 is 0. The van der Waals surface area contributed by atoms with Gasteiger partial charge in [0.25, 0.3) is 0 Å². The second-order valence-electron chi connectivity index (χ2n) is 20.9. The maximum atomic E-state index is 4.00. The second kappa shape index (κ2) is 36.4. The normalized spacial score (nSPS) is 14.7. The van der Waals surface area contributed by atoms with E-state index in [1.807, 2.05) is 19.1 Å². The Balaban J connectivity index is 0.000000312. The van der Waals surface area contributed by atoms with Crippen LogP contribution in [0.3, 0.4) is 0 Å². The molecule has 9 aromatic carbocycles. The molecular formula is C83H90. The molecule has 1 aliphatic rings. The third kappa shape index (κ3) is 19.1. The zero-order valence-corrected chi connectivity index (χ0v) is 51.5. The number of hydrogen-bond donors (Lipinski definition) is 0. The fourth-order valence-corrected chi connectivity index (χ4v) is 10.5. The summed E-state index contributed by atoms with van der Waals surface area (Å²) in [6, 6.07) is 81.3. The standard InChI is InChI=1S/C45H44.2C13H12.C5H12.C3H6.2C2H2/c1-6-7-18-37-21-14-15-25-43(37)45(41-23-12-9-13-24-41)34(4)17-16-22-38(36-19-10-8-11-20-36)30-40-27-26-39(31-44(40)45)42-29-32(2)28-33(3)35(42)5;2*1-11-7-9-13(10-8-11)12-5-3-2-4-6-12;1-3-5-4-2;1-3-2;2*1-2/h6-17,19-29,31,34H,18,30H2,1-5H3;2*2-10H,1H3;3-5H2,1-2H3;3H,1H2,2H3;2*1-2H/b7-6-,17-16-,38-22+;;;;;;. The first kappa shape index (κ1) is 66.6. The van der Waals surface area contributed by atoms with Gasteiger partial charge in [-0.25, -0.2) is 0 Å². The SMILES string of the molecule is C#C.C#C.C/C=C\Cc1ccccc1C1(c2ccccc2)c2cc(-c3cc(C)cc(C)c3C)ccc2C/C(c2ccccc2)=C\C=C/C1C.C=CC.CCCCC.Cc1ccc(-c2ccccc2)cc1.Cc1ccc(-c2ccccc2)cc1. The van der Waals surface area contributed by atoms with Crippen LogP contribution in [-0.4, -0.2) is 0 Å². The molecule has 422 valence electrons. The Labute approximate surface area is 503 Å². The highest BCUT2D eigenvalue weighted by atomic mass is 14.5. The number of aryl methyl sites for hydroxylation is 4. The van der Waals surface area contributed by atoms with Crippen LogP contribution in [0.5, 0.6) is 0 Å². The molecule has 0 heteroatoms. The van der Waals surface area contributed by atoms with E-state index < -0.39 is 5.41 Å². The number of terminal acetylenes is 2. The third-order valence-corrected chi connectivity index (χ3v) is 14.8. The molecule has 9 aromatic rings. The first-order valence-corrected chi connectivity index (χ1v) is 29.4. The highest BCUT2D eigenvalue weighted by Crippen LogP contribution is 2.50. The lowest BCUT2D eigenvalue weighted by Gasteiger charge is -2.43. The number of rotatable bonds is 10. The lowest BCUT2D eigenvalue weighted by Crippen LogP contribution is -2.38. The van der Waals surface area contributed by atoms with Crippen LogP contribution >= 0.6 is 0 Å². The molecule has 0 bridgehead atoms. The van der Waals surface area contributed by atoms with Gasteiger partial charge in [0, 0.05) is 0 Å². The molecule has 0 spiro atoms. The minimum atomic E-state index is -0.409. The first-order valence-electron chi connectivity index (χ1n) is 29.4. The van der Waals surface area contributed by atoms with Gasteiger partial charge >= 0.3 is 0 Å². The second-order valence-corrected chi connectivity index (χ2v) is 20.9. The van der Waals surface area contributed by atoms with Crippen molar-refractivity contribution in [2.24, 2.45) is 5.92 Å². The quantitative estimate of drug-likeness (QED) is 0.0946. The van der Waals surface area contributed by atoms with Gasteiger partial charge in [-0.2, -0.15) is 0 Å². The van der Waals surface area contributed by atoms with E-state index in [0.717, 1.165) is 12.8 Å². The van der Waals surface area contributed by atoms with Crippen molar-refractivity contribution in [1.82, 2.24) is 0 Å². The average Bonchev–Trinajstić information content (AvgIpc) is 3.78. The van der Waals surface area contributed by atoms with E-state index in [1.165, 1.54) is 119 Å². The van der Waals surface area contributed by atoms with Crippen molar-refractivity contribution >= 4 is 5.57 Å². The van der Waals surface area contributed by atoms with Gasteiger partial charge in [0.05, 0.1) is 5.41 Å². The van der Waals surface area contributed by atoms with Crippen molar-refractivity contribution in [3.05, 3.63) is 329 Å². The van der Waals surface area contributed by atoms with Crippen molar-refractivity contribution < 1.29 is 0 Å². The van der Waals surface area contributed by atoms with Crippen LogP contribution in [0.25, 0.3) is 39.0 Å². The summed E-state index contributed by atoms with van der Waals surface area (Å²) in [5.41, 5.74) is 23.4. The van der Waals surface area contributed by atoms with Crippen LogP contribution in [0.2, 0.25) is 0 Å². The number of fused-ring (bicyclic) bond motifs is 1. The average molecular weight is 1090 g/mol. The monoisotopic (exact) mass is 1090 g/mol. The fraction of sp³-hybridized carbons (Fsp3) is 0.205. The molecular weight excluding hydrogens is 997 g/mol. The molecule has 0 amide bonds. The summed E-state index contributed by atoms with van der Waals surface area (Å²) in [5, 5.41) is 0. The van der Waals surface area contributed by atoms with E-state index in [9.17, 15) is 0 Å². The maximum Gasteiger partial charge on any atom is 0.0517 e. The molecule has 2 atom stereocenters. The largest absolute Gasteiger partial charge is 0.124 e. The van der Waals surface area contributed by atoms with Gasteiger partial charge in [-0.1, -0.05) is 312 Å². The molecule has 0 heterocycles. The van der Waals surface area contributed by atoms with Crippen molar-refractivity contribution in [2.45, 2.75) is 107 Å². The molecule has 0 saturated heterocycles. The summed E-state index contributed by atoms with van der Waals surface area (Å²) >= 11 is 0. The predicted molar refractivity (Wildman–Crippen MR) is 368 cm³/mol. The lowest BCUT2D eigenvalue weighted by atomic mass is 9.59. The Bertz CT molecular complexity index is 3330. The predicted octanol–water partition coefficient (Wildman–Crippen LogP) is 22.8. The molecule has 2 unspecified atom stereocenters. The molecule has 0 aromatic heterocycles. The van der Waals surface area contributed by atoms with Crippen molar-refractivity contribution in [1.29, 1.82) is 0 Å². The molecule has 0 nitrogen and oxygen atoms in total. The molecule has 0 fully saturated rings. The third-order valence-electron chi connectivity index (χ3n) is 14.8. The smallest absolute Gasteiger partial charge is 0.0517 e. The van der Waals surface area contributed by atoms with Crippen LogP contribution in [-0.2, 0) is 18.3 Å². The van der Waals surface area contributed by atoms with E-state index in [2.05, 4.69) is 337 Å². The van der Waals surface area contributed by atoms with Gasteiger partial charge in [-0.3, -0.25) is 0 Å². The maximum absolute atomic E-state index is 4.00. The van der Waals surface area contributed by atoms with Crippen LogP contribution < -0.4 is 0 Å². The first-order chi connectivity index (χ1) is 40.5. The van der Waals surface area contributed by atoms with Crippen LogP contribution in [0, 0.1) is 66.2 Å². The zero-order valence-electron chi connectivity index (χ0n) is 51.5. The Kier molecular flexibility index (Phi) is 29.2. The van der Waals surface area contributed by atoms with E-state index in [-0.39, 0.29) is 5.92 Å². The molecule has 1 aliphatic carbocycles. The van der Waals surface area contributed by atoms with E-state index in [1.54, 1.807) is 6.08 Å². The summed E-state index contributed by atoms with van der Waals surface area (Å²) in [5.74, 6) is 0.173. The highest BCUT2D eigenvalue weighted by Gasteiger charge is 2.43. The molecule has 0 saturated carbocycles.